The van der Waals surface area contributed by atoms with Crippen LogP contribution in [0.2, 0.25) is 0 Å². The van der Waals surface area contributed by atoms with Gasteiger partial charge in [-0.3, -0.25) is 4.99 Å². The molecule has 0 aromatic heterocycles. The number of hydrogen-bond acceptors (Lipinski definition) is 3. The molecule has 0 fully saturated rings. The second-order valence-electron chi connectivity index (χ2n) is 2.97. The molecule has 3 heteroatoms. The number of para-hydroxylation sites is 1. The van der Waals surface area contributed by atoms with E-state index in [0.29, 0.717) is 6.54 Å². The first-order chi connectivity index (χ1) is 6.90. The Morgan fingerprint density at radius 3 is 3.07 bits per heavy atom. The molecule has 0 saturated heterocycles. The van der Waals surface area contributed by atoms with Crippen molar-refractivity contribution < 1.29 is 0 Å². The molecule has 0 radical (unpaired) electrons. The van der Waals surface area contributed by atoms with E-state index in [0.717, 1.165) is 22.0 Å². The monoisotopic (exact) mass is 204 g/mol. The minimum atomic E-state index is 0.715. The van der Waals surface area contributed by atoms with Gasteiger partial charge in [0.05, 0.1) is 17.3 Å². The fourth-order valence-corrected chi connectivity index (χ4v) is 2.00. The zero-order chi connectivity index (χ0) is 9.80. The summed E-state index contributed by atoms with van der Waals surface area (Å²) in [5.41, 5.74) is 2.14. The Kier molecular flexibility index (Phi) is 2.99. The van der Waals surface area contributed by atoms with Gasteiger partial charge in [0.25, 0.3) is 0 Å². The maximum atomic E-state index is 4.58. The first-order valence-corrected chi connectivity index (χ1v) is 5.68. The van der Waals surface area contributed by atoms with E-state index < -0.39 is 0 Å². The number of rotatable bonds is 1. The fourth-order valence-electron chi connectivity index (χ4n) is 1.33. The summed E-state index contributed by atoms with van der Waals surface area (Å²) in [5, 5.41) is 1.11. The number of aliphatic imine (C=N–C) groups is 2. The first kappa shape index (κ1) is 9.46. The van der Waals surface area contributed by atoms with Gasteiger partial charge in [0.1, 0.15) is 0 Å². The molecule has 1 aromatic carbocycles. The molecule has 14 heavy (non-hydrogen) atoms. The van der Waals surface area contributed by atoms with E-state index in [-0.39, 0.29) is 0 Å². The molecule has 0 amide bonds. The van der Waals surface area contributed by atoms with Crippen LogP contribution in [-0.4, -0.2) is 23.6 Å². The average molecular weight is 204 g/mol. The maximum absolute atomic E-state index is 4.58. The highest BCUT2D eigenvalue weighted by molar-refractivity contribution is 8.14. The van der Waals surface area contributed by atoms with Crippen LogP contribution in [0.5, 0.6) is 0 Å². The zero-order valence-electron chi connectivity index (χ0n) is 8.10. The molecule has 0 aliphatic carbocycles. The van der Waals surface area contributed by atoms with Crippen LogP contribution in [0.15, 0.2) is 34.3 Å². The van der Waals surface area contributed by atoms with Crippen LogP contribution in [0.1, 0.15) is 12.5 Å². The van der Waals surface area contributed by atoms with Gasteiger partial charge < -0.3 is 0 Å². The number of hydrogen-bond donors (Lipinski definition) is 0. The van der Waals surface area contributed by atoms with Gasteiger partial charge in [0, 0.05) is 11.8 Å². The van der Waals surface area contributed by atoms with Crippen LogP contribution < -0.4 is 0 Å². The van der Waals surface area contributed by atoms with Crippen molar-refractivity contribution in [3.63, 3.8) is 0 Å². The topological polar surface area (TPSA) is 24.7 Å². The van der Waals surface area contributed by atoms with Crippen molar-refractivity contribution >= 4 is 28.7 Å². The highest BCUT2D eigenvalue weighted by Gasteiger charge is 2.05. The van der Waals surface area contributed by atoms with Crippen LogP contribution in [0.25, 0.3) is 0 Å². The molecule has 1 aromatic rings. The lowest BCUT2D eigenvalue weighted by Crippen LogP contribution is -1.96. The average Bonchev–Trinajstić information content (AvgIpc) is 2.40. The summed E-state index contributed by atoms with van der Waals surface area (Å²) in [6, 6.07) is 8.10. The molecule has 0 bridgehead atoms. The molecule has 0 N–H and O–H groups in total. The van der Waals surface area contributed by atoms with E-state index in [9.17, 15) is 0 Å². The highest BCUT2D eigenvalue weighted by Crippen LogP contribution is 2.21. The molecule has 72 valence electrons. The Balaban J connectivity index is 2.37. The molecule has 0 unspecified atom stereocenters. The van der Waals surface area contributed by atoms with Gasteiger partial charge in [-0.2, -0.15) is 0 Å². The molecule has 1 heterocycles. The summed E-state index contributed by atoms with van der Waals surface area (Å²) >= 11 is 1.77. The smallest absolute Gasteiger partial charge is 0.0953 e. The SMILES string of the molecule is CCSC1=Nc2ccccc2C=NC1. The normalized spacial score (nSPS) is 14.5. The lowest BCUT2D eigenvalue weighted by Gasteiger charge is -1.99. The fraction of sp³-hybridized carbons (Fsp3) is 0.273. The summed E-state index contributed by atoms with van der Waals surface area (Å²) in [6.45, 7) is 2.85. The Morgan fingerprint density at radius 1 is 1.36 bits per heavy atom. The Bertz CT molecular complexity index is 383. The Labute approximate surface area is 88.2 Å². The number of thioether (sulfide) groups is 1. The van der Waals surface area contributed by atoms with E-state index in [1.165, 1.54) is 0 Å². The lowest BCUT2D eigenvalue weighted by atomic mass is 10.2. The van der Waals surface area contributed by atoms with Gasteiger partial charge in [-0.25, -0.2) is 4.99 Å². The predicted octanol–water partition coefficient (Wildman–Crippen LogP) is 2.90. The van der Waals surface area contributed by atoms with E-state index in [1.54, 1.807) is 11.8 Å². The Hall–Kier alpha value is -1.09. The third-order valence-electron chi connectivity index (χ3n) is 1.95. The predicted molar refractivity (Wildman–Crippen MR) is 64.1 cm³/mol. The van der Waals surface area contributed by atoms with Crippen molar-refractivity contribution in [2.45, 2.75) is 6.92 Å². The third kappa shape index (κ3) is 2.04. The number of nitrogens with zero attached hydrogens (tertiary/aromatic N) is 2. The van der Waals surface area contributed by atoms with Gasteiger partial charge in [-0.15, -0.1) is 11.8 Å². The van der Waals surface area contributed by atoms with Gasteiger partial charge in [-0.05, 0) is 11.8 Å². The summed E-state index contributed by atoms with van der Waals surface area (Å²) < 4.78 is 0. The lowest BCUT2D eigenvalue weighted by molar-refractivity contribution is 1.33. The Morgan fingerprint density at radius 2 is 2.21 bits per heavy atom. The molecule has 2 nitrogen and oxygen atoms in total. The quantitative estimate of drug-likeness (QED) is 0.690. The van der Waals surface area contributed by atoms with Crippen molar-refractivity contribution in [2.24, 2.45) is 9.98 Å². The molecular formula is C11H12N2S. The standard InChI is InChI=1S/C11H12N2S/c1-2-14-11-8-12-7-9-5-3-4-6-10(9)13-11/h3-7H,2,8H2,1H3. The van der Waals surface area contributed by atoms with E-state index >= 15 is 0 Å². The van der Waals surface area contributed by atoms with Crippen molar-refractivity contribution in [3.05, 3.63) is 29.8 Å². The van der Waals surface area contributed by atoms with Crippen molar-refractivity contribution in [2.75, 3.05) is 12.3 Å². The molecular weight excluding hydrogens is 192 g/mol. The van der Waals surface area contributed by atoms with E-state index in [4.69, 9.17) is 0 Å². The van der Waals surface area contributed by atoms with Crippen LogP contribution >= 0.6 is 11.8 Å². The minimum Gasteiger partial charge on any atom is -0.286 e. The molecule has 1 aliphatic rings. The van der Waals surface area contributed by atoms with Gasteiger partial charge in [-0.1, -0.05) is 25.1 Å². The summed E-state index contributed by atoms with van der Waals surface area (Å²) in [7, 11) is 0. The molecule has 1 aliphatic heterocycles. The molecule has 2 rings (SSSR count). The number of benzene rings is 1. The van der Waals surface area contributed by atoms with Crippen molar-refractivity contribution in [3.8, 4) is 0 Å². The summed E-state index contributed by atoms with van der Waals surface area (Å²) in [4.78, 5) is 8.92. The maximum Gasteiger partial charge on any atom is 0.0953 e. The third-order valence-corrected chi connectivity index (χ3v) is 2.79. The molecule has 0 atom stereocenters. The van der Waals surface area contributed by atoms with E-state index in [1.807, 2.05) is 30.5 Å². The second kappa shape index (κ2) is 4.42. The van der Waals surface area contributed by atoms with Crippen LogP contribution in [0, 0.1) is 0 Å². The van der Waals surface area contributed by atoms with Crippen LogP contribution in [-0.2, 0) is 0 Å². The largest absolute Gasteiger partial charge is 0.286 e. The van der Waals surface area contributed by atoms with Gasteiger partial charge in [0.15, 0.2) is 0 Å². The highest BCUT2D eigenvalue weighted by atomic mass is 32.2. The van der Waals surface area contributed by atoms with Crippen molar-refractivity contribution in [1.29, 1.82) is 0 Å². The first-order valence-electron chi connectivity index (χ1n) is 4.69. The van der Waals surface area contributed by atoms with Gasteiger partial charge >= 0.3 is 0 Å². The summed E-state index contributed by atoms with van der Waals surface area (Å²) in [6.07, 6.45) is 1.90. The minimum absolute atomic E-state index is 0.715. The van der Waals surface area contributed by atoms with Gasteiger partial charge in [0.2, 0.25) is 0 Å². The second-order valence-corrected chi connectivity index (χ2v) is 4.30. The van der Waals surface area contributed by atoms with Crippen molar-refractivity contribution in [1.82, 2.24) is 0 Å². The molecule has 0 saturated carbocycles. The molecule has 0 spiro atoms. The van der Waals surface area contributed by atoms with Crippen LogP contribution in [0.4, 0.5) is 5.69 Å². The van der Waals surface area contributed by atoms with Crippen LogP contribution in [0.3, 0.4) is 0 Å². The number of fused-ring (bicyclic) bond motifs is 1. The summed E-state index contributed by atoms with van der Waals surface area (Å²) in [5.74, 6) is 1.05. The zero-order valence-corrected chi connectivity index (χ0v) is 8.92. The van der Waals surface area contributed by atoms with E-state index in [2.05, 4.69) is 16.9 Å².